The summed E-state index contributed by atoms with van der Waals surface area (Å²) in [6, 6.07) is 5.91. The fraction of sp³-hybridized carbons (Fsp3) is 0.556. The molecule has 1 aromatic carbocycles. The van der Waals surface area contributed by atoms with Crippen LogP contribution in [0.3, 0.4) is 0 Å². The molecule has 2 rings (SSSR count). The predicted octanol–water partition coefficient (Wildman–Crippen LogP) is 0.866. The third kappa shape index (κ3) is 6.21. The molecule has 9 heteroatoms. The number of likely N-dealkylation sites (tertiary alicyclic amines) is 1. The van der Waals surface area contributed by atoms with Crippen LogP contribution in [0.5, 0.6) is 5.75 Å². The Labute approximate surface area is 160 Å². The number of piperidine rings is 1. The van der Waals surface area contributed by atoms with E-state index in [1.165, 1.54) is 24.3 Å². The molecule has 3 N–H and O–H groups in total. The van der Waals surface area contributed by atoms with E-state index in [9.17, 15) is 18.0 Å². The van der Waals surface area contributed by atoms with Crippen LogP contribution in [-0.4, -0.2) is 50.4 Å². The van der Waals surface area contributed by atoms with Crippen LogP contribution in [-0.2, 0) is 19.6 Å². The van der Waals surface area contributed by atoms with Crippen molar-refractivity contribution < 1.29 is 22.7 Å². The van der Waals surface area contributed by atoms with Crippen LogP contribution >= 0.6 is 0 Å². The highest BCUT2D eigenvalue weighted by Gasteiger charge is 2.26. The smallest absolute Gasteiger partial charge is 0.260 e. The highest BCUT2D eigenvalue weighted by Crippen LogP contribution is 2.19. The summed E-state index contributed by atoms with van der Waals surface area (Å²) in [6.45, 7) is 6.10. The lowest BCUT2D eigenvalue weighted by Crippen LogP contribution is -2.43. The topological polar surface area (TPSA) is 119 Å². The van der Waals surface area contributed by atoms with Crippen molar-refractivity contribution in [2.45, 2.75) is 44.0 Å². The highest BCUT2D eigenvalue weighted by atomic mass is 32.2. The van der Waals surface area contributed by atoms with Gasteiger partial charge in [-0.05, 0) is 57.9 Å². The minimum absolute atomic E-state index is 0.129. The van der Waals surface area contributed by atoms with E-state index in [-0.39, 0.29) is 29.2 Å². The number of nitrogens with two attached hydrogens (primary N) is 1. The third-order valence-corrected chi connectivity index (χ3v) is 5.96. The van der Waals surface area contributed by atoms with Crippen LogP contribution in [0, 0.1) is 5.92 Å². The van der Waals surface area contributed by atoms with Crippen molar-refractivity contribution in [2.24, 2.45) is 11.7 Å². The first-order valence-electron chi connectivity index (χ1n) is 8.82. The number of sulfonamides is 1. The first-order chi connectivity index (χ1) is 12.5. The van der Waals surface area contributed by atoms with Gasteiger partial charge in [0, 0.05) is 24.5 Å². The van der Waals surface area contributed by atoms with Crippen LogP contribution < -0.4 is 15.2 Å². The summed E-state index contributed by atoms with van der Waals surface area (Å²) >= 11 is 0. The van der Waals surface area contributed by atoms with E-state index in [0.717, 1.165) is 0 Å². The zero-order chi connectivity index (χ0) is 20.2. The molecule has 0 bridgehead atoms. The zero-order valence-corrected chi connectivity index (χ0v) is 16.7. The molecular weight excluding hydrogens is 370 g/mol. The molecule has 0 aromatic heterocycles. The molecule has 1 aromatic rings. The maximum atomic E-state index is 12.3. The number of primary amides is 1. The lowest BCUT2D eigenvalue weighted by molar-refractivity contribution is -0.136. The van der Waals surface area contributed by atoms with Gasteiger partial charge in [0.15, 0.2) is 6.61 Å². The molecule has 8 nitrogen and oxygen atoms in total. The van der Waals surface area contributed by atoms with Crippen molar-refractivity contribution in [2.75, 3.05) is 19.7 Å². The summed E-state index contributed by atoms with van der Waals surface area (Å²) in [5.41, 5.74) is 4.70. The van der Waals surface area contributed by atoms with E-state index in [0.29, 0.717) is 31.7 Å². The number of hydrogen-bond donors (Lipinski definition) is 2. The molecule has 150 valence electrons. The minimum atomic E-state index is -3.61. The maximum absolute atomic E-state index is 12.3. The van der Waals surface area contributed by atoms with E-state index in [1.54, 1.807) is 25.7 Å². The van der Waals surface area contributed by atoms with E-state index in [1.807, 2.05) is 0 Å². The van der Waals surface area contributed by atoms with E-state index >= 15 is 0 Å². The minimum Gasteiger partial charge on any atom is -0.484 e. The second-order valence-electron chi connectivity index (χ2n) is 7.67. The fourth-order valence-corrected chi connectivity index (χ4v) is 4.25. The molecule has 0 unspecified atom stereocenters. The lowest BCUT2D eigenvalue weighted by atomic mass is 9.96. The van der Waals surface area contributed by atoms with Crippen molar-refractivity contribution >= 4 is 21.8 Å². The van der Waals surface area contributed by atoms with Gasteiger partial charge in [0.05, 0.1) is 4.90 Å². The van der Waals surface area contributed by atoms with E-state index in [2.05, 4.69) is 4.72 Å². The number of amides is 2. The molecular formula is C18H27N3O5S. The average Bonchev–Trinajstić information content (AvgIpc) is 2.58. The monoisotopic (exact) mass is 397 g/mol. The first kappa shape index (κ1) is 21.2. The van der Waals surface area contributed by atoms with Gasteiger partial charge in [-0.2, -0.15) is 0 Å². The molecule has 2 amide bonds. The van der Waals surface area contributed by atoms with Crippen molar-refractivity contribution in [1.29, 1.82) is 0 Å². The van der Waals surface area contributed by atoms with Crippen molar-refractivity contribution in [3.63, 3.8) is 0 Å². The second-order valence-corrected chi connectivity index (χ2v) is 9.36. The molecule has 0 radical (unpaired) electrons. The molecule has 0 spiro atoms. The van der Waals surface area contributed by atoms with Crippen molar-refractivity contribution in [3.8, 4) is 5.75 Å². The van der Waals surface area contributed by atoms with Gasteiger partial charge in [0.1, 0.15) is 5.75 Å². The molecule has 1 fully saturated rings. The van der Waals surface area contributed by atoms with Crippen molar-refractivity contribution in [3.05, 3.63) is 24.3 Å². The van der Waals surface area contributed by atoms with Crippen molar-refractivity contribution in [1.82, 2.24) is 9.62 Å². The molecule has 1 aliphatic rings. The van der Waals surface area contributed by atoms with Crippen LogP contribution in [0.2, 0.25) is 0 Å². The van der Waals surface area contributed by atoms with Crippen LogP contribution in [0.15, 0.2) is 29.2 Å². The number of hydrogen-bond acceptors (Lipinski definition) is 5. The molecule has 0 atom stereocenters. The number of nitrogens with zero attached hydrogens (tertiary/aromatic N) is 1. The van der Waals surface area contributed by atoms with Gasteiger partial charge in [-0.3, -0.25) is 9.59 Å². The number of ether oxygens (including phenoxy) is 1. The fourth-order valence-electron chi connectivity index (χ4n) is 2.83. The number of carbonyl (C=O) groups is 2. The van der Waals surface area contributed by atoms with Gasteiger partial charge in [-0.15, -0.1) is 0 Å². The standard InChI is InChI=1S/C18H27N3O5S/c1-18(2,3)20-27(24,25)15-6-4-14(5-7-15)26-12-16(22)21-10-8-13(9-11-21)17(19)23/h4-7,13,20H,8-12H2,1-3H3,(H2,19,23). The SMILES string of the molecule is CC(C)(C)NS(=O)(=O)c1ccc(OCC(=O)N2CCC(C(N)=O)CC2)cc1. The summed E-state index contributed by atoms with van der Waals surface area (Å²) in [5.74, 6) is -0.269. The number of nitrogens with one attached hydrogen (secondary N) is 1. The second kappa shape index (κ2) is 8.26. The first-order valence-corrected chi connectivity index (χ1v) is 10.3. The van der Waals surface area contributed by atoms with Crippen LogP contribution in [0.4, 0.5) is 0 Å². The van der Waals surface area contributed by atoms with Gasteiger partial charge >= 0.3 is 0 Å². The third-order valence-electron chi connectivity index (χ3n) is 4.19. The van der Waals surface area contributed by atoms with Gasteiger partial charge in [-0.1, -0.05) is 0 Å². The number of benzene rings is 1. The summed E-state index contributed by atoms with van der Waals surface area (Å²) in [6.07, 6.45) is 1.13. The Bertz CT molecular complexity index is 776. The number of rotatable bonds is 6. The Balaban J connectivity index is 1.88. The predicted molar refractivity (Wildman–Crippen MR) is 101 cm³/mol. The van der Waals surface area contributed by atoms with Gasteiger partial charge in [0.25, 0.3) is 5.91 Å². The van der Waals surface area contributed by atoms with Gasteiger partial charge in [-0.25, -0.2) is 13.1 Å². The van der Waals surface area contributed by atoms with Gasteiger partial charge in [0.2, 0.25) is 15.9 Å². The Morgan fingerprint density at radius 3 is 2.22 bits per heavy atom. The molecule has 1 heterocycles. The Morgan fingerprint density at radius 1 is 1.19 bits per heavy atom. The van der Waals surface area contributed by atoms with Crippen LogP contribution in [0.25, 0.3) is 0 Å². The molecule has 27 heavy (non-hydrogen) atoms. The normalized spacial score (nSPS) is 16.2. The Hall–Kier alpha value is -2.13. The summed E-state index contributed by atoms with van der Waals surface area (Å²) in [4.78, 5) is 25.1. The van der Waals surface area contributed by atoms with E-state index < -0.39 is 15.6 Å². The summed E-state index contributed by atoms with van der Waals surface area (Å²) in [7, 11) is -3.61. The largest absolute Gasteiger partial charge is 0.484 e. The van der Waals surface area contributed by atoms with Crippen LogP contribution in [0.1, 0.15) is 33.6 Å². The summed E-state index contributed by atoms with van der Waals surface area (Å²) < 4.78 is 32.6. The summed E-state index contributed by atoms with van der Waals surface area (Å²) in [5, 5.41) is 0. The highest BCUT2D eigenvalue weighted by molar-refractivity contribution is 7.89. The Morgan fingerprint density at radius 2 is 1.74 bits per heavy atom. The quantitative estimate of drug-likeness (QED) is 0.738. The van der Waals surface area contributed by atoms with Gasteiger partial charge < -0.3 is 15.4 Å². The molecule has 0 aliphatic carbocycles. The zero-order valence-electron chi connectivity index (χ0n) is 15.9. The lowest BCUT2D eigenvalue weighted by Gasteiger charge is -2.30. The van der Waals surface area contributed by atoms with E-state index in [4.69, 9.17) is 10.5 Å². The molecule has 1 saturated heterocycles. The molecule has 0 saturated carbocycles. The molecule has 1 aliphatic heterocycles. The Kier molecular flexibility index (Phi) is 6.48. The average molecular weight is 397 g/mol. The number of carbonyl (C=O) groups excluding carboxylic acids is 2. The maximum Gasteiger partial charge on any atom is 0.260 e.